The minimum atomic E-state index is -1.35. The maximum Gasteiger partial charge on any atom is 0.285 e. The number of anilines is 1. The van der Waals surface area contributed by atoms with E-state index < -0.39 is 21.9 Å². The van der Waals surface area contributed by atoms with Crippen LogP contribution in [0.3, 0.4) is 0 Å². The Kier molecular flexibility index (Phi) is 4.46. The highest BCUT2D eigenvalue weighted by molar-refractivity contribution is 5.96. The molecule has 0 saturated carbocycles. The van der Waals surface area contributed by atoms with Gasteiger partial charge < -0.3 is 5.32 Å². The number of nitriles is 1. The SMILES string of the molecule is CC(C)(C(=O)Nc1ccc(C#N)cc1)n1cc([N+](=O)[O-])ccc1=O. The van der Waals surface area contributed by atoms with E-state index in [1.54, 1.807) is 24.3 Å². The standard InChI is InChI=1S/C16H14N4O4/c1-16(2,19-10-13(20(23)24)7-8-14(19)21)15(22)18-12-5-3-11(9-17)4-6-12/h3-8,10H,1-2H3,(H,18,22). The van der Waals surface area contributed by atoms with Crippen LogP contribution >= 0.6 is 0 Å². The van der Waals surface area contributed by atoms with E-state index in [9.17, 15) is 19.7 Å². The Morgan fingerprint density at radius 3 is 2.42 bits per heavy atom. The first-order chi connectivity index (χ1) is 11.3. The monoisotopic (exact) mass is 326 g/mol. The van der Waals surface area contributed by atoms with Gasteiger partial charge in [-0.1, -0.05) is 0 Å². The van der Waals surface area contributed by atoms with Gasteiger partial charge in [0.1, 0.15) is 5.54 Å². The van der Waals surface area contributed by atoms with Gasteiger partial charge in [-0.25, -0.2) is 0 Å². The molecule has 122 valence electrons. The maximum atomic E-state index is 12.5. The topological polar surface area (TPSA) is 118 Å². The fourth-order valence-corrected chi connectivity index (χ4v) is 2.04. The third-order valence-electron chi connectivity index (χ3n) is 3.54. The highest BCUT2D eigenvalue weighted by atomic mass is 16.6. The lowest BCUT2D eigenvalue weighted by Gasteiger charge is -2.26. The van der Waals surface area contributed by atoms with Gasteiger partial charge in [-0.3, -0.25) is 24.3 Å². The average Bonchev–Trinajstić information content (AvgIpc) is 2.55. The molecule has 0 fully saturated rings. The summed E-state index contributed by atoms with van der Waals surface area (Å²) in [6.07, 6.45) is 1.04. The molecule has 0 bridgehead atoms. The fourth-order valence-electron chi connectivity index (χ4n) is 2.04. The second-order valence-electron chi connectivity index (χ2n) is 5.55. The minimum Gasteiger partial charge on any atom is -0.324 e. The van der Waals surface area contributed by atoms with Crippen molar-refractivity contribution in [2.75, 3.05) is 5.32 Å². The van der Waals surface area contributed by atoms with Crippen molar-refractivity contribution in [1.82, 2.24) is 4.57 Å². The molecule has 1 aromatic heterocycles. The smallest absolute Gasteiger partial charge is 0.285 e. The van der Waals surface area contributed by atoms with Crippen LogP contribution in [0.2, 0.25) is 0 Å². The van der Waals surface area contributed by atoms with E-state index in [1.165, 1.54) is 13.8 Å². The van der Waals surface area contributed by atoms with Gasteiger partial charge in [-0.05, 0) is 38.1 Å². The number of aromatic nitrogens is 1. The van der Waals surface area contributed by atoms with Gasteiger partial charge in [0.05, 0.1) is 22.8 Å². The van der Waals surface area contributed by atoms with Crippen LogP contribution in [0.15, 0.2) is 47.4 Å². The predicted molar refractivity (Wildman–Crippen MR) is 86.5 cm³/mol. The summed E-state index contributed by atoms with van der Waals surface area (Å²) in [7, 11) is 0. The van der Waals surface area contributed by atoms with Gasteiger partial charge >= 0.3 is 0 Å². The number of rotatable bonds is 4. The van der Waals surface area contributed by atoms with E-state index in [1.807, 2.05) is 6.07 Å². The van der Waals surface area contributed by atoms with Crippen molar-refractivity contribution in [3.63, 3.8) is 0 Å². The molecule has 0 aliphatic heterocycles. The maximum absolute atomic E-state index is 12.5. The van der Waals surface area contributed by atoms with Crippen molar-refractivity contribution >= 4 is 17.3 Å². The summed E-state index contributed by atoms with van der Waals surface area (Å²) in [4.78, 5) is 34.8. The molecule has 0 spiro atoms. The van der Waals surface area contributed by atoms with E-state index in [0.29, 0.717) is 11.3 Å². The van der Waals surface area contributed by atoms with Gasteiger partial charge in [-0.15, -0.1) is 0 Å². The number of pyridine rings is 1. The molecular weight excluding hydrogens is 312 g/mol. The molecule has 0 aliphatic rings. The highest BCUT2D eigenvalue weighted by Gasteiger charge is 2.31. The molecule has 1 N–H and O–H groups in total. The van der Waals surface area contributed by atoms with Crippen molar-refractivity contribution in [2.24, 2.45) is 0 Å². The summed E-state index contributed by atoms with van der Waals surface area (Å²) in [5.41, 5.74) is -1.26. The summed E-state index contributed by atoms with van der Waals surface area (Å²) < 4.78 is 1.02. The van der Waals surface area contributed by atoms with Crippen LogP contribution in [0.1, 0.15) is 19.4 Å². The van der Waals surface area contributed by atoms with Crippen LogP contribution in [0.5, 0.6) is 0 Å². The molecule has 2 aromatic rings. The van der Waals surface area contributed by atoms with Crippen molar-refractivity contribution in [3.05, 3.63) is 68.6 Å². The van der Waals surface area contributed by atoms with E-state index in [2.05, 4.69) is 5.32 Å². The van der Waals surface area contributed by atoms with E-state index >= 15 is 0 Å². The molecule has 0 radical (unpaired) electrons. The molecule has 8 heteroatoms. The normalized spacial score (nSPS) is 10.7. The van der Waals surface area contributed by atoms with Gasteiger partial charge in [-0.2, -0.15) is 5.26 Å². The number of amides is 1. The zero-order chi connectivity index (χ0) is 17.9. The van der Waals surface area contributed by atoms with E-state index in [-0.39, 0.29) is 5.69 Å². The molecule has 24 heavy (non-hydrogen) atoms. The minimum absolute atomic E-state index is 0.283. The Morgan fingerprint density at radius 2 is 1.88 bits per heavy atom. The Labute approximate surface area is 137 Å². The second-order valence-corrected chi connectivity index (χ2v) is 5.55. The summed E-state index contributed by atoms with van der Waals surface area (Å²) in [5, 5.41) is 22.3. The van der Waals surface area contributed by atoms with Crippen molar-refractivity contribution in [2.45, 2.75) is 19.4 Å². The first kappa shape index (κ1) is 16.9. The summed E-state index contributed by atoms with van der Waals surface area (Å²) in [6.45, 7) is 2.97. The van der Waals surface area contributed by atoms with E-state index in [0.717, 1.165) is 22.9 Å². The Balaban J connectivity index is 2.33. The summed E-state index contributed by atoms with van der Waals surface area (Å²) >= 11 is 0. The van der Waals surface area contributed by atoms with Crippen LogP contribution in [0, 0.1) is 21.4 Å². The molecule has 1 amide bonds. The van der Waals surface area contributed by atoms with Gasteiger partial charge in [0.25, 0.3) is 11.2 Å². The van der Waals surface area contributed by atoms with Crippen LogP contribution in [-0.4, -0.2) is 15.4 Å². The van der Waals surface area contributed by atoms with Crippen LogP contribution in [-0.2, 0) is 10.3 Å². The number of carbonyl (C=O) groups excluding carboxylic acids is 1. The predicted octanol–water partition coefficient (Wildman–Crippen LogP) is 2.00. The molecule has 0 aliphatic carbocycles. The first-order valence-electron chi connectivity index (χ1n) is 6.95. The van der Waals surface area contributed by atoms with Gasteiger partial charge in [0.2, 0.25) is 5.91 Å². The zero-order valence-electron chi connectivity index (χ0n) is 13.0. The van der Waals surface area contributed by atoms with Crippen molar-refractivity contribution in [3.8, 4) is 6.07 Å². The van der Waals surface area contributed by atoms with Crippen LogP contribution in [0.25, 0.3) is 0 Å². The Bertz CT molecular complexity index is 892. The van der Waals surface area contributed by atoms with Crippen LogP contribution < -0.4 is 10.9 Å². The second kappa shape index (κ2) is 6.34. The largest absolute Gasteiger partial charge is 0.324 e. The van der Waals surface area contributed by atoms with Crippen LogP contribution in [0.4, 0.5) is 11.4 Å². The lowest BCUT2D eigenvalue weighted by molar-refractivity contribution is -0.385. The summed E-state index contributed by atoms with van der Waals surface area (Å²) in [6, 6.07) is 10.3. The van der Waals surface area contributed by atoms with Crippen molar-refractivity contribution in [1.29, 1.82) is 5.26 Å². The molecule has 0 saturated heterocycles. The van der Waals surface area contributed by atoms with Crippen molar-refractivity contribution < 1.29 is 9.72 Å². The number of benzene rings is 1. The first-order valence-corrected chi connectivity index (χ1v) is 6.95. The fraction of sp³-hybridized carbons (Fsp3) is 0.188. The number of carbonyl (C=O) groups is 1. The number of hydrogen-bond acceptors (Lipinski definition) is 5. The molecule has 8 nitrogen and oxygen atoms in total. The quantitative estimate of drug-likeness (QED) is 0.681. The molecule has 0 atom stereocenters. The Hall–Kier alpha value is -3.47. The Morgan fingerprint density at radius 1 is 1.25 bits per heavy atom. The lowest BCUT2D eigenvalue weighted by atomic mass is 10.0. The molecule has 1 aromatic carbocycles. The van der Waals surface area contributed by atoms with Gasteiger partial charge in [0, 0.05) is 17.8 Å². The highest BCUT2D eigenvalue weighted by Crippen LogP contribution is 2.19. The number of nitro groups is 1. The zero-order valence-corrected chi connectivity index (χ0v) is 13.0. The van der Waals surface area contributed by atoms with Gasteiger partial charge in [0.15, 0.2) is 0 Å². The summed E-state index contributed by atoms with van der Waals surface area (Å²) in [5.74, 6) is -0.519. The molecule has 1 heterocycles. The number of nitrogens with zero attached hydrogens (tertiary/aromatic N) is 3. The third-order valence-corrected chi connectivity index (χ3v) is 3.54. The molecule has 0 unspecified atom stereocenters. The molecular formula is C16H14N4O4. The molecule has 2 rings (SSSR count). The third kappa shape index (κ3) is 3.30. The lowest BCUT2D eigenvalue weighted by Crippen LogP contribution is -2.45. The number of hydrogen-bond donors (Lipinski definition) is 1. The van der Waals surface area contributed by atoms with E-state index in [4.69, 9.17) is 5.26 Å². The number of nitrogens with one attached hydrogen (secondary N) is 1. The average molecular weight is 326 g/mol.